The van der Waals surface area contributed by atoms with Crippen LogP contribution in [0.1, 0.15) is 46.5 Å². The maximum atomic E-state index is 10.9. The third-order valence-corrected chi connectivity index (χ3v) is 3.81. The second kappa shape index (κ2) is 4.81. The molecule has 1 saturated carbocycles. The monoisotopic (exact) mass is 197 g/mol. The molecule has 3 unspecified atom stereocenters. The van der Waals surface area contributed by atoms with Crippen LogP contribution in [0.15, 0.2) is 0 Å². The Labute approximate surface area is 87.2 Å². The van der Waals surface area contributed by atoms with Crippen molar-refractivity contribution < 1.29 is 4.79 Å². The molecular formula is C12H23NO. The fourth-order valence-corrected chi connectivity index (χ4v) is 2.60. The van der Waals surface area contributed by atoms with Crippen molar-refractivity contribution in [2.75, 3.05) is 0 Å². The van der Waals surface area contributed by atoms with Crippen LogP contribution in [-0.2, 0) is 4.79 Å². The largest absolute Gasteiger partial charge is 0.370 e. The summed E-state index contributed by atoms with van der Waals surface area (Å²) in [7, 11) is 0. The third-order valence-electron chi connectivity index (χ3n) is 3.81. The SMILES string of the molecule is CC(C)C1CCC(C)C(CC(N)=O)C1. The van der Waals surface area contributed by atoms with E-state index < -0.39 is 0 Å². The Morgan fingerprint density at radius 1 is 1.43 bits per heavy atom. The minimum Gasteiger partial charge on any atom is -0.370 e. The van der Waals surface area contributed by atoms with Gasteiger partial charge in [-0.15, -0.1) is 0 Å². The molecule has 1 rings (SSSR count). The molecule has 82 valence electrons. The number of carbonyl (C=O) groups is 1. The normalized spacial score (nSPS) is 33.3. The zero-order chi connectivity index (χ0) is 10.7. The molecule has 1 amide bonds. The molecule has 0 aromatic rings. The van der Waals surface area contributed by atoms with E-state index in [2.05, 4.69) is 20.8 Å². The molecule has 1 aliphatic carbocycles. The first kappa shape index (κ1) is 11.5. The summed E-state index contributed by atoms with van der Waals surface area (Å²) in [5.74, 6) is 2.63. The number of hydrogen-bond acceptors (Lipinski definition) is 1. The molecule has 14 heavy (non-hydrogen) atoms. The summed E-state index contributed by atoms with van der Waals surface area (Å²) in [5, 5.41) is 0. The quantitative estimate of drug-likeness (QED) is 0.742. The summed E-state index contributed by atoms with van der Waals surface area (Å²) in [4.78, 5) is 10.9. The van der Waals surface area contributed by atoms with Crippen LogP contribution >= 0.6 is 0 Å². The topological polar surface area (TPSA) is 43.1 Å². The van der Waals surface area contributed by atoms with Crippen LogP contribution in [0.5, 0.6) is 0 Å². The minimum atomic E-state index is -0.133. The van der Waals surface area contributed by atoms with Crippen molar-refractivity contribution in [3.8, 4) is 0 Å². The van der Waals surface area contributed by atoms with E-state index >= 15 is 0 Å². The Morgan fingerprint density at radius 2 is 2.07 bits per heavy atom. The van der Waals surface area contributed by atoms with Crippen molar-refractivity contribution in [3.63, 3.8) is 0 Å². The van der Waals surface area contributed by atoms with Crippen LogP contribution in [0.2, 0.25) is 0 Å². The van der Waals surface area contributed by atoms with E-state index in [4.69, 9.17) is 5.73 Å². The highest BCUT2D eigenvalue weighted by Crippen LogP contribution is 2.38. The van der Waals surface area contributed by atoms with Crippen molar-refractivity contribution in [3.05, 3.63) is 0 Å². The summed E-state index contributed by atoms with van der Waals surface area (Å²) >= 11 is 0. The van der Waals surface area contributed by atoms with Crippen LogP contribution < -0.4 is 5.73 Å². The minimum absolute atomic E-state index is 0.133. The first-order valence-corrected chi connectivity index (χ1v) is 5.79. The molecule has 0 aliphatic heterocycles. The van der Waals surface area contributed by atoms with Gasteiger partial charge in [0.05, 0.1) is 0 Å². The summed E-state index contributed by atoms with van der Waals surface area (Å²) in [6.45, 7) is 6.81. The molecule has 0 heterocycles. The van der Waals surface area contributed by atoms with Crippen LogP contribution in [0.4, 0.5) is 0 Å². The first-order valence-electron chi connectivity index (χ1n) is 5.79. The van der Waals surface area contributed by atoms with Crippen molar-refractivity contribution in [1.82, 2.24) is 0 Å². The lowest BCUT2D eigenvalue weighted by molar-refractivity contribution is -0.119. The van der Waals surface area contributed by atoms with Gasteiger partial charge in [-0.05, 0) is 36.5 Å². The van der Waals surface area contributed by atoms with Gasteiger partial charge in [-0.2, -0.15) is 0 Å². The fourth-order valence-electron chi connectivity index (χ4n) is 2.60. The van der Waals surface area contributed by atoms with Gasteiger partial charge < -0.3 is 5.73 Å². The average molecular weight is 197 g/mol. The number of nitrogens with two attached hydrogens (primary N) is 1. The third kappa shape index (κ3) is 3.00. The van der Waals surface area contributed by atoms with Crippen LogP contribution in [0.25, 0.3) is 0 Å². The van der Waals surface area contributed by atoms with Gasteiger partial charge in [-0.1, -0.05) is 27.2 Å². The lowest BCUT2D eigenvalue weighted by atomic mass is 9.70. The molecular weight excluding hydrogens is 174 g/mol. The first-order chi connectivity index (χ1) is 6.50. The predicted molar refractivity (Wildman–Crippen MR) is 58.6 cm³/mol. The molecule has 3 atom stereocenters. The smallest absolute Gasteiger partial charge is 0.217 e. The van der Waals surface area contributed by atoms with Crippen molar-refractivity contribution >= 4 is 5.91 Å². The lowest BCUT2D eigenvalue weighted by Gasteiger charge is -2.35. The maximum Gasteiger partial charge on any atom is 0.217 e. The summed E-state index contributed by atoms with van der Waals surface area (Å²) < 4.78 is 0. The van der Waals surface area contributed by atoms with Crippen LogP contribution in [0.3, 0.4) is 0 Å². The van der Waals surface area contributed by atoms with Gasteiger partial charge in [0, 0.05) is 6.42 Å². The van der Waals surface area contributed by atoms with E-state index in [1.165, 1.54) is 19.3 Å². The van der Waals surface area contributed by atoms with Gasteiger partial charge in [0.2, 0.25) is 5.91 Å². The van der Waals surface area contributed by atoms with E-state index in [1.807, 2.05) is 0 Å². The number of carbonyl (C=O) groups excluding carboxylic acids is 1. The molecule has 0 aromatic carbocycles. The zero-order valence-electron chi connectivity index (χ0n) is 9.62. The summed E-state index contributed by atoms with van der Waals surface area (Å²) in [6.07, 6.45) is 4.38. The molecule has 1 aliphatic rings. The van der Waals surface area contributed by atoms with Crippen LogP contribution in [0, 0.1) is 23.7 Å². The lowest BCUT2D eigenvalue weighted by Crippen LogP contribution is -2.29. The summed E-state index contributed by atoms with van der Waals surface area (Å²) in [5.41, 5.74) is 5.27. The van der Waals surface area contributed by atoms with Gasteiger partial charge in [-0.3, -0.25) is 4.79 Å². The van der Waals surface area contributed by atoms with Crippen molar-refractivity contribution in [2.45, 2.75) is 46.5 Å². The molecule has 0 bridgehead atoms. The van der Waals surface area contributed by atoms with E-state index in [0.29, 0.717) is 18.3 Å². The Hall–Kier alpha value is -0.530. The van der Waals surface area contributed by atoms with Gasteiger partial charge >= 0.3 is 0 Å². The van der Waals surface area contributed by atoms with Gasteiger partial charge in [0.25, 0.3) is 0 Å². The van der Waals surface area contributed by atoms with Gasteiger partial charge in [0.15, 0.2) is 0 Å². The van der Waals surface area contributed by atoms with Gasteiger partial charge in [0.1, 0.15) is 0 Å². The number of amides is 1. The molecule has 0 aromatic heterocycles. The van der Waals surface area contributed by atoms with E-state index in [1.54, 1.807) is 0 Å². The molecule has 0 radical (unpaired) electrons. The standard InChI is InChI=1S/C12H23NO/c1-8(2)10-5-4-9(3)11(6-10)7-12(13)14/h8-11H,4-7H2,1-3H3,(H2,13,14). The van der Waals surface area contributed by atoms with E-state index in [0.717, 1.165) is 11.8 Å². The Bertz CT molecular complexity index is 200. The molecule has 2 N–H and O–H groups in total. The molecule has 0 saturated heterocycles. The van der Waals surface area contributed by atoms with Crippen molar-refractivity contribution in [2.24, 2.45) is 29.4 Å². The number of primary amides is 1. The maximum absolute atomic E-state index is 10.9. The molecule has 2 heteroatoms. The highest BCUT2D eigenvalue weighted by Gasteiger charge is 2.29. The fraction of sp³-hybridized carbons (Fsp3) is 0.917. The molecule has 1 fully saturated rings. The van der Waals surface area contributed by atoms with Crippen LogP contribution in [-0.4, -0.2) is 5.91 Å². The number of rotatable bonds is 3. The molecule has 0 spiro atoms. The van der Waals surface area contributed by atoms with E-state index in [9.17, 15) is 4.79 Å². The van der Waals surface area contributed by atoms with Gasteiger partial charge in [-0.25, -0.2) is 0 Å². The highest BCUT2D eigenvalue weighted by atomic mass is 16.1. The molecule has 2 nitrogen and oxygen atoms in total. The zero-order valence-corrected chi connectivity index (χ0v) is 9.62. The Morgan fingerprint density at radius 3 is 2.57 bits per heavy atom. The second-order valence-electron chi connectivity index (χ2n) is 5.22. The Kier molecular flexibility index (Phi) is 3.97. The highest BCUT2D eigenvalue weighted by molar-refractivity contribution is 5.74. The number of hydrogen-bond donors (Lipinski definition) is 1. The average Bonchev–Trinajstić information content (AvgIpc) is 2.07. The predicted octanol–water partition coefficient (Wildman–Crippen LogP) is 2.57. The Balaban J connectivity index is 2.50. The summed E-state index contributed by atoms with van der Waals surface area (Å²) in [6, 6.07) is 0. The van der Waals surface area contributed by atoms with E-state index in [-0.39, 0.29) is 5.91 Å². The second-order valence-corrected chi connectivity index (χ2v) is 5.22. The van der Waals surface area contributed by atoms with Crippen molar-refractivity contribution in [1.29, 1.82) is 0 Å².